The van der Waals surface area contributed by atoms with Crippen molar-refractivity contribution in [3.63, 3.8) is 0 Å². The minimum atomic E-state index is -0.247. The highest BCUT2D eigenvalue weighted by atomic mass is 19.1. The average Bonchev–Trinajstić information content (AvgIpc) is 3.13. The van der Waals surface area contributed by atoms with Crippen molar-refractivity contribution in [3.8, 4) is 0 Å². The molecule has 0 spiro atoms. The predicted molar refractivity (Wildman–Crippen MR) is 88.5 cm³/mol. The van der Waals surface area contributed by atoms with E-state index in [2.05, 4.69) is 10.6 Å². The van der Waals surface area contributed by atoms with Gasteiger partial charge in [-0.2, -0.15) is 0 Å². The molecule has 1 aromatic carbocycles. The van der Waals surface area contributed by atoms with Crippen LogP contribution >= 0.6 is 0 Å². The molecule has 6 heteroatoms. The molecule has 5 nitrogen and oxygen atoms in total. The minimum absolute atomic E-state index is 0.130. The maximum Gasteiger partial charge on any atom is 0.314 e. The molecule has 24 heavy (non-hydrogen) atoms. The number of ether oxygens (including phenoxy) is 2. The zero-order valence-electron chi connectivity index (χ0n) is 13.9. The molecule has 0 radical (unpaired) electrons. The first-order chi connectivity index (χ1) is 11.7. The van der Waals surface area contributed by atoms with Crippen LogP contribution in [0.5, 0.6) is 0 Å². The highest BCUT2D eigenvalue weighted by Crippen LogP contribution is 2.34. The molecule has 0 unspecified atom stereocenters. The first-order valence-corrected chi connectivity index (χ1v) is 8.65. The molecule has 2 N–H and O–H groups in total. The number of hydrogen-bond donors (Lipinski definition) is 2. The van der Waals surface area contributed by atoms with Crippen LogP contribution in [0, 0.1) is 5.82 Å². The highest BCUT2D eigenvalue weighted by molar-refractivity contribution is 5.74. The molecule has 0 saturated carbocycles. The zero-order chi connectivity index (χ0) is 16.8. The lowest BCUT2D eigenvalue weighted by atomic mass is 9.74. The lowest BCUT2D eigenvalue weighted by Crippen LogP contribution is -2.48. The van der Waals surface area contributed by atoms with Gasteiger partial charge in [0.25, 0.3) is 0 Å². The van der Waals surface area contributed by atoms with Crippen LogP contribution in [0.25, 0.3) is 0 Å². The summed E-state index contributed by atoms with van der Waals surface area (Å²) in [6.45, 7) is 3.13. The lowest BCUT2D eigenvalue weighted by Gasteiger charge is -2.38. The van der Waals surface area contributed by atoms with Gasteiger partial charge in [0.15, 0.2) is 0 Å². The normalized spacial score (nSPS) is 23.0. The van der Waals surface area contributed by atoms with E-state index in [0.717, 1.165) is 37.9 Å². The summed E-state index contributed by atoms with van der Waals surface area (Å²) in [4.78, 5) is 12.1. The third-order valence-electron chi connectivity index (χ3n) is 5.01. The van der Waals surface area contributed by atoms with Crippen LogP contribution in [0.1, 0.15) is 31.2 Å². The fourth-order valence-corrected chi connectivity index (χ4v) is 3.46. The van der Waals surface area contributed by atoms with Crippen molar-refractivity contribution < 1.29 is 18.7 Å². The summed E-state index contributed by atoms with van der Waals surface area (Å²) in [6, 6.07) is 6.39. The Balaban J connectivity index is 1.57. The second kappa shape index (κ2) is 7.94. The van der Waals surface area contributed by atoms with Crippen molar-refractivity contribution in [3.05, 3.63) is 35.6 Å². The third-order valence-corrected chi connectivity index (χ3v) is 5.01. The largest absolute Gasteiger partial charge is 0.381 e. The summed E-state index contributed by atoms with van der Waals surface area (Å²) in [5, 5.41) is 5.85. The molecule has 1 atom stereocenters. The molecule has 3 rings (SSSR count). The second-order valence-corrected chi connectivity index (χ2v) is 6.60. The summed E-state index contributed by atoms with van der Waals surface area (Å²) < 4.78 is 24.2. The van der Waals surface area contributed by atoms with Gasteiger partial charge < -0.3 is 20.1 Å². The molecule has 0 bridgehead atoms. The van der Waals surface area contributed by atoms with Crippen LogP contribution in [0.2, 0.25) is 0 Å². The van der Waals surface area contributed by atoms with E-state index in [4.69, 9.17) is 9.47 Å². The van der Waals surface area contributed by atoms with Gasteiger partial charge in [-0.15, -0.1) is 0 Å². The van der Waals surface area contributed by atoms with Crippen molar-refractivity contribution in [1.29, 1.82) is 0 Å². The van der Waals surface area contributed by atoms with Gasteiger partial charge in [-0.25, -0.2) is 9.18 Å². The lowest BCUT2D eigenvalue weighted by molar-refractivity contribution is 0.0506. The van der Waals surface area contributed by atoms with Gasteiger partial charge in [-0.1, -0.05) is 12.1 Å². The Morgan fingerprint density at radius 2 is 1.92 bits per heavy atom. The topological polar surface area (TPSA) is 59.6 Å². The number of benzene rings is 1. The predicted octanol–water partition coefficient (Wildman–Crippen LogP) is 2.35. The van der Waals surface area contributed by atoms with Gasteiger partial charge in [0.1, 0.15) is 5.82 Å². The van der Waals surface area contributed by atoms with Gasteiger partial charge in [0, 0.05) is 38.3 Å². The Morgan fingerprint density at radius 3 is 2.58 bits per heavy atom. The van der Waals surface area contributed by atoms with Crippen LogP contribution < -0.4 is 10.6 Å². The molecule has 2 fully saturated rings. The van der Waals surface area contributed by atoms with Gasteiger partial charge >= 0.3 is 6.03 Å². The fraction of sp³-hybridized carbons (Fsp3) is 0.611. The van der Waals surface area contributed by atoms with E-state index in [-0.39, 0.29) is 23.4 Å². The van der Waals surface area contributed by atoms with Gasteiger partial charge in [0.05, 0.1) is 6.10 Å². The van der Waals surface area contributed by atoms with E-state index in [0.29, 0.717) is 26.3 Å². The monoisotopic (exact) mass is 336 g/mol. The molecular weight excluding hydrogens is 311 g/mol. The number of halogens is 1. The summed E-state index contributed by atoms with van der Waals surface area (Å²) in [5.74, 6) is -0.247. The zero-order valence-corrected chi connectivity index (χ0v) is 13.9. The first-order valence-electron chi connectivity index (χ1n) is 8.65. The Labute approximate surface area is 141 Å². The van der Waals surface area contributed by atoms with Crippen LogP contribution in [0.15, 0.2) is 24.3 Å². The van der Waals surface area contributed by atoms with Gasteiger partial charge in [-0.3, -0.25) is 0 Å². The number of amides is 2. The van der Waals surface area contributed by atoms with Crippen LogP contribution in [0.4, 0.5) is 9.18 Å². The molecule has 0 aromatic heterocycles. The molecule has 1 aromatic rings. The maximum absolute atomic E-state index is 13.2. The summed E-state index contributed by atoms with van der Waals surface area (Å²) in [7, 11) is 0. The van der Waals surface area contributed by atoms with Gasteiger partial charge in [0.2, 0.25) is 0 Å². The fourth-order valence-electron chi connectivity index (χ4n) is 3.46. The molecule has 2 aliphatic rings. The number of carbonyl (C=O) groups is 1. The molecule has 0 aliphatic carbocycles. The highest BCUT2D eigenvalue weighted by Gasteiger charge is 2.35. The number of rotatable bonds is 5. The smallest absolute Gasteiger partial charge is 0.314 e. The van der Waals surface area contributed by atoms with Crippen molar-refractivity contribution in [2.45, 2.75) is 37.2 Å². The molecule has 132 valence electrons. The average molecular weight is 336 g/mol. The maximum atomic E-state index is 13.2. The van der Waals surface area contributed by atoms with Crippen molar-refractivity contribution in [2.24, 2.45) is 0 Å². The Kier molecular flexibility index (Phi) is 5.68. The number of hydrogen-bond acceptors (Lipinski definition) is 3. The Bertz CT molecular complexity index is 538. The minimum Gasteiger partial charge on any atom is -0.381 e. The van der Waals surface area contributed by atoms with Crippen molar-refractivity contribution >= 4 is 6.03 Å². The van der Waals surface area contributed by atoms with E-state index in [1.54, 1.807) is 0 Å². The second-order valence-electron chi connectivity index (χ2n) is 6.60. The molecule has 2 amide bonds. The van der Waals surface area contributed by atoms with Crippen LogP contribution in [-0.2, 0) is 14.9 Å². The van der Waals surface area contributed by atoms with Gasteiger partial charge in [-0.05, 0) is 43.4 Å². The number of nitrogens with one attached hydrogen (secondary N) is 2. The van der Waals surface area contributed by atoms with Crippen molar-refractivity contribution in [2.75, 3.05) is 32.9 Å². The first kappa shape index (κ1) is 17.2. The summed E-state index contributed by atoms with van der Waals surface area (Å²) >= 11 is 0. The quantitative estimate of drug-likeness (QED) is 0.868. The Hall–Kier alpha value is -1.66. The third kappa shape index (κ3) is 4.24. The van der Waals surface area contributed by atoms with E-state index in [1.807, 2.05) is 12.1 Å². The molecule has 2 saturated heterocycles. The summed E-state index contributed by atoms with van der Waals surface area (Å²) in [5.41, 5.74) is 0.847. The number of carbonyl (C=O) groups excluding carboxylic acids is 1. The number of urea groups is 1. The van der Waals surface area contributed by atoms with Crippen molar-refractivity contribution in [1.82, 2.24) is 10.6 Å². The van der Waals surface area contributed by atoms with E-state index < -0.39 is 0 Å². The van der Waals surface area contributed by atoms with E-state index in [1.165, 1.54) is 12.1 Å². The van der Waals surface area contributed by atoms with Crippen LogP contribution in [-0.4, -0.2) is 45.0 Å². The Morgan fingerprint density at radius 1 is 1.17 bits per heavy atom. The standard InChI is InChI=1S/C18H25FN2O3/c19-15-5-3-14(4-6-15)18(7-10-23-11-8-18)13-21-17(22)20-12-16-2-1-9-24-16/h3-6,16H,1-2,7-13H2,(H2,20,21,22)/t16-/m0/s1. The SMILES string of the molecule is O=C(NC[C@@H]1CCCO1)NCC1(c2ccc(F)cc2)CCOCC1. The van der Waals surface area contributed by atoms with Crippen LogP contribution in [0.3, 0.4) is 0 Å². The molecule has 2 aliphatic heterocycles. The van der Waals surface area contributed by atoms with E-state index in [9.17, 15) is 9.18 Å². The van der Waals surface area contributed by atoms with E-state index >= 15 is 0 Å². The molecular formula is C18H25FN2O3. The molecule has 2 heterocycles. The summed E-state index contributed by atoms with van der Waals surface area (Å²) in [6.07, 6.45) is 3.80.